The third-order valence-corrected chi connectivity index (χ3v) is 7.10. The molecule has 1 saturated carbocycles. The van der Waals surface area contributed by atoms with Crippen LogP contribution in [0.5, 0.6) is 0 Å². The number of hydrogen-bond acceptors (Lipinski definition) is 7. The van der Waals surface area contributed by atoms with Crippen LogP contribution in [0.3, 0.4) is 0 Å². The van der Waals surface area contributed by atoms with Gasteiger partial charge in [0.1, 0.15) is 16.9 Å². The largest absolute Gasteiger partial charge is 0.462 e. The number of non-ortho nitro benzene ring substituents is 1. The predicted octanol–water partition coefficient (Wildman–Crippen LogP) is 4.63. The molecular weight excluding hydrogens is 526 g/mol. The number of halogens is 1. The Morgan fingerprint density at radius 3 is 2.64 bits per heavy atom. The average Bonchev–Trinajstić information content (AvgIpc) is 2.93. The Morgan fingerprint density at radius 1 is 1.15 bits per heavy atom. The van der Waals surface area contributed by atoms with E-state index in [1.807, 2.05) is 0 Å². The van der Waals surface area contributed by atoms with Crippen LogP contribution in [0.15, 0.2) is 58.4 Å². The SMILES string of the molecule is CCOC(=O)c1cc2c(=O)n3ccccc3nc2n(C2CCCCC2)c1=NC(=O)c1cc([N+](=O)[O-])ccc1Cl. The lowest BCUT2D eigenvalue weighted by Crippen LogP contribution is -2.35. The van der Waals surface area contributed by atoms with E-state index in [1.165, 1.54) is 22.6 Å². The highest BCUT2D eigenvalue weighted by Gasteiger charge is 2.26. The van der Waals surface area contributed by atoms with Crippen molar-refractivity contribution >= 4 is 45.8 Å². The number of amides is 1. The van der Waals surface area contributed by atoms with E-state index in [2.05, 4.69) is 4.99 Å². The standard InChI is InChI=1S/C27H24ClN5O6/c1-2-39-27(36)20-15-19-23(29-22-10-6-7-13-31(22)26(19)35)32(16-8-4-3-5-9-16)24(20)30-25(34)18-14-17(33(37)38)11-12-21(18)28/h6-7,10-16H,2-5,8-9H2,1H3. The predicted molar refractivity (Wildman–Crippen MR) is 143 cm³/mol. The first-order valence-electron chi connectivity index (χ1n) is 12.6. The van der Waals surface area contributed by atoms with Crippen LogP contribution in [0.1, 0.15) is 65.8 Å². The second kappa shape index (κ2) is 10.8. The molecule has 4 aromatic rings. The lowest BCUT2D eigenvalue weighted by Gasteiger charge is -2.27. The smallest absolute Gasteiger partial charge is 0.341 e. The van der Waals surface area contributed by atoms with Gasteiger partial charge in [0.05, 0.1) is 27.5 Å². The number of benzene rings is 1. The summed E-state index contributed by atoms with van der Waals surface area (Å²) in [6.45, 7) is 1.70. The Hall–Kier alpha value is -4.38. The number of esters is 1. The summed E-state index contributed by atoms with van der Waals surface area (Å²) in [6.07, 6.45) is 5.86. The number of carbonyl (C=O) groups is 2. The zero-order chi connectivity index (χ0) is 27.7. The molecule has 39 heavy (non-hydrogen) atoms. The molecule has 0 N–H and O–H groups in total. The van der Waals surface area contributed by atoms with Gasteiger partial charge in [0.15, 0.2) is 5.49 Å². The molecule has 1 fully saturated rings. The molecule has 5 rings (SSSR count). The second-order valence-electron chi connectivity index (χ2n) is 9.19. The zero-order valence-electron chi connectivity index (χ0n) is 21.0. The van der Waals surface area contributed by atoms with Crippen LogP contribution in [-0.4, -0.2) is 37.4 Å². The first kappa shape index (κ1) is 26.2. The summed E-state index contributed by atoms with van der Waals surface area (Å²) in [7, 11) is 0. The van der Waals surface area contributed by atoms with Crippen molar-refractivity contribution in [1.29, 1.82) is 0 Å². The minimum Gasteiger partial charge on any atom is -0.462 e. The van der Waals surface area contributed by atoms with Gasteiger partial charge in [-0.2, -0.15) is 4.99 Å². The molecule has 0 unspecified atom stereocenters. The maximum Gasteiger partial charge on any atom is 0.341 e. The Bertz CT molecular complexity index is 1770. The topological polar surface area (TPSA) is 138 Å². The van der Waals surface area contributed by atoms with Gasteiger partial charge in [-0.05, 0) is 44.0 Å². The summed E-state index contributed by atoms with van der Waals surface area (Å²) in [5.74, 6) is -1.64. The summed E-state index contributed by atoms with van der Waals surface area (Å²) in [5, 5.41) is 11.5. The second-order valence-corrected chi connectivity index (χ2v) is 9.59. The van der Waals surface area contributed by atoms with E-state index < -0.39 is 16.8 Å². The fourth-order valence-electron chi connectivity index (χ4n) is 4.95. The number of aromatic nitrogens is 3. The fraction of sp³-hybridized carbons (Fsp3) is 0.296. The first-order chi connectivity index (χ1) is 18.8. The van der Waals surface area contributed by atoms with Crippen LogP contribution in [0.4, 0.5) is 5.69 Å². The van der Waals surface area contributed by atoms with Gasteiger partial charge >= 0.3 is 5.97 Å². The molecular formula is C27H24ClN5O6. The summed E-state index contributed by atoms with van der Waals surface area (Å²) in [4.78, 5) is 59.9. The van der Waals surface area contributed by atoms with Crippen LogP contribution in [0, 0.1) is 10.1 Å². The van der Waals surface area contributed by atoms with Crippen molar-refractivity contribution in [3.8, 4) is 0 Å². The van der Waals surface area contributed by atoms with Gasteiger partial charge in [-0.15, -0.1) is 0 Å². The van der Waals surface area contributed by atoms with Gasteiger partial charge in [0.2, 0.25) is 0 Å². The van der Waals surface area contributed by atoms with Crippen LogP contribution < -0.4 is 11.0 Å². The number of pyridine rings is 2. The molecule has 0 atom stereocenters. The van der Waals surface area contributed by atoms with Crippen molar-refractivity contribution in [3.63, 3.8) is 0 Å². The third-order valence-electron chi connectivity index (χ3n) is 6.77. The lowest BCUT2D eigenvalue weighted by molar-refractivity contribution is -0.384. The number of nitrogens with zero attached hydrogens (tertiary/aromatic N) is 5. The highest BCUT2D eigenvalue weighted by atomic mass is 35.5. The number of carbonyl (C=O) groups excluding carboxylic acids is 2. The normalized spacial score (nSPS) is 14.6. The maximum absolute atomic E-state index is 13.5. The molecule has 200 valence electrons. The third kappa shape index (κ3) is 4.92. The number of rotatable bonds is 5. The maximum atomic E-state index is 13.5. The molecule has 1 aliphatic rings. The van der Waals surface area contributed by atoms with Crippen LogP contribution in [-0.2, 0) is 4.74 Å². The van der Waals surface area contributed by atoms with E-state index in [0.717, 1.165) is 38.2 Å². The van der Waals surface area contributed by atoms with E-state index >= 15 is 0 Å². The van der Waals surface area contributed by atoms with Gasteiger partial charge in [-0.3, -0.25) is 24.1 Å². The summed E-state index contributed by atoms with van der Waals surface area (Å²) in [5.41, 5.74) is -0.353. The number of nitro groups is 1. The molecule has 0 saturated heterocycles. The van der Waals surface area contributed by atoms with E-state index in [0.29, 0.717) is 5.65 Å². The first-order valence-corrected chi connectivity index (χ1v) is 12.9. The summed E-state index contributed by atoms with van der Waals surface area (Å²) >= 11 is 6.23. The molecule has 1 aliphatic carbocycles. The van der Waals surface area contributed by atoms with Crippen LogP contribution >= 0.6 is 11.6 Å². The van der Waals surface area contributed by atoms with E-state index in [9.17, 15) is 24.5 Å². The number of fused-ring (bicyclic) bond motifs is 2. The Labute approximate surface area is 226 Å². The summed E-state index contributed by atoms with van der Waals surface area (Å²) < 4.78 is 8.34. The highest BCUT2D eigenvalue weighted by molar-refractivity contribution is 6.34. The van der Waals surface area contributed by atoms with Crippen molar-refractivity contribution in [1.82, 2.24) is 14.0 Å². The van der Waals surface area contributed by atoms with Crippen molar-refractivity contribution in [3.05, 3.63) is 90.8 Å². The van der Waals surface area contributed by atoms with Gasteiger partial charge < -0.3 is 9.30 Å². The van der Waals surface area contributed by atoms with Crippen molar-refractivity contribution in [2.24, 2.45) is 4.99 Å². The van der Waals surface area contributed by atoms with Gasteiger partial charge in [0.25, 0.3) is 17.2 Å². The molecule has 0 aliphatic heterocycles. The number of ether oxygens (including phenoxy) is 1. The monoisotopic (exact) mass is 549 g/mol. The molecule has 1 aromatic carbocycles. The van der Waals surface area contributed by atoms with Gasteiger partial charge in [-0.25, -0.2) is 9.78 Å². The minimum absolute atomic E-state index is 0.0283. The molecule has 11 nitrogen and oxygen atoms in total. The Kier molecular flexibility index (Phi) is 7.25. The molecule has 1 amide bonds. The zero-order valence-corrected chi connectivity index (χ0v) is 21.8. The van der Waals surface area contributed by atoms with Crippen LogP contribution in [0.2, 0.25) is 5.02 Å². The molecule has 12 heteroatoms. The van der Waals surface area contributed by atoms with Gasteiger partial charge in [-0.1, -0.05) is 36.9 Å². The van der Waals surface area contributed by atoms with Crippen molar-refractivity contribution in [2.45, 2.75) is 45.1 Å². The van der Waals surface area contributed by atoms with E-state index in [-0.39, 0.29) is 56.6 Å². The minimum atomic E-state index is -0.879. The van der Waals surface area contributed by atoms with E-state index in [1.54, 1.807) is 35.9 Å². The number of nitro benzene ring substituents is 1. The lowest BCUT2D eigenvalue weighted by atomic mass is 9.94. The van der Waals surface area contributed by atoms with Crippen molar-refractivity contribution in [2.75, 3.05) is 6.61 Å². The molecule has 0 bridgehead atoms. The quantitative estimate of drug-likeness (QED) is 0.153. The molecule has 0 spiro atoms. The summed E-state index contributed by atoms with van der Waals surface area (Å²) in [6, 6.07) is 9.77. The molecule has 3 aromatic heterocycles. The van der Waals surface area contributed by atoms with Crippen LogP contribution in [0.25, 0.3) is 16.7 Å². The molecule has 0 radical (unpaired) electrons. The Morgan fingerprint density at radius 2 is 1.92 bits per heavy atom. The van der Waals surface area contributed by atoms with Gasteiger partial charge in [0, 0.05) is 24.4 Å². The van der Waals surface area contributed by atoms with E-state index in [4.69, 9.17) is 21.3 Å². The highest BCUT2D eigenvalue weighted by Crippen LogP contribution is 2.29. The number of hydrogen-bond donors (Lipinski definition) is 0. The van der Waals surface area contributed by atoms with Crippen molar-refractivity contribution < 1.29 is 19.2 Å². The fourth-order valence-corrected chi connectivity index (χ4v) is 5.14. The molecule has 3 heterocycles. The Balaban J connectivity index is 1.89. The average molecular weight is 550 g/mol.